The van der Waals surface area contributed by atoms with Crippen molar-refractivity contribution in [2.24, 2.45) is 0 Å². The lowest BCUT2D eigenvalue weighted by atomic mass is 10.3. The molecule has 0 saturated heterocycles. The van der Waals surface area contributed by atoms with Crippen LogP contribution >= 0.6 is 11.3 Å². The average molecular weight is 207 g/mol. The summed E-state index contributed by atoms with van der Waals surface area (Å²) < 4.78 is 0. The van der Waals surface area contributed by atoms with E-state index in [4.69, 9.17) is 5.11 Å². The molecule has 2 aromatic rings. The minimum Gasteiger partial charge on any atom is -0.508 e. The van der Waals surface area contributed by atoms with Gasteiger partial charge < -0.3 is 5.11 Å². The Hall–Kier alpha value is -1.68. The van der Waals surface area contributed by atoms with E-state index in [1.54, 1.807) is 35.8 Å². The number of para-hydroxylation sites is 1. The maximum atomic E-state index is 9.82. The third-order valence-electron chi connectivity index (χ3n) is 1.31. The van der Waals surface area contributed by atoms with Crippen LogP contribution in [0.25, 0.3) is 0 Å². The maximum Gasteiger partial charge on any atom is 0.178 e. The normalized spacial score (nSPS) is 8.57. The van der Waals surface area contributed by atoms with Crippen LogP contribution in [0.4, 0.5) is 0 Å². The van der Waals surface area contributed by atoms with E-state index in [0.29, 0.717) is 10.8 Å². The highest BCUT2D eigenvalue weighted by Crippen LogP contribution is 2.02. The number of aromatic hydroxyl groups is 1. The van der Waals surface area contributed by atoms with Gasteiger partial charge in [0.05, 0.1) is 0 Å². The van der Waals surface area contributed by atoms with E-state index >= 15 is 0 Å². The molecular weight excluding hydrogens is 198 g/mol. The number of phenols is 1. The lowest BCUT2D eigenvalue weighted by Gasteiger charge is -1.82. The predicted octanol–water partition coefficient (Wildman–Crippen LogP) is 2.35. The summed E-state index contributed by atoms with van der Waals surface area (Å²) in [6.07, 6.45) is 2.35. The molecule has 0 amide bonds. The lowest BCUT2D eigenvalue weighted by Crippen LogP contribution is -1.69. The van der Waals surface area contributed by atoms with Crippen molar-refractivity contribution in [3.8, 4) is 5.75 Å². The third-order valence-corrected chi connectivity index (χ3v) is 2.01. The van der Waals surface area contributed by atoms with Crippen LogP contribution in [0.1, 0.15) is 9.80 Å². The second-order valence-corrected chi connectivity index (χ2v) is 3.25. The van der Waals surface area contributed by atoms with Gasteiger partial charge in [-0.3, -0.25) is 4.79 Å². The van der Waals surface area contributed by atoms with Gasteiger partial charge in [0.1, 0.15) is 5.75 Å². The number of nitrogens with zero attached hydrogens (tertiary/aromatic N) is 1. The third kappa shape index (κ3) is 3.82. The summed E-state index contributed by atoms with van der Waals surface area (Å²) in [5.74, 6) is 0.322. The number of hydrogen-bond donors (Lipinski definition) is 1. The number of carbonyl (C=O) groups is 1. The molecule has 0 bridgehead atoms. The van der Waals surface area contributed by atoms with E-state index < -0.39 is 0 Å². The van der Waals surface area contributed by atoms with Crippen molar-refractivity contribution in [3.63, 3.8) is 0 Å². The molecule has 0 saturated carbocycles. The number of aldehydes is 1. The van der Waals surface area contributed by atoms with Gasteiger partial charge in [-0.1, -0.05) is 18.2 Å². The maximum absolute atomic E-state index is 9.82. The van der Waals surface area contributed by atoms with Crippen LogP contribution in [0.2, 0.25) is 0 Å². The quantitative estimate of drug-likeness (QED) is 0.730. The molecule has 3 nitrogen and oxygen atoms in total. The van der Waals surface area contributed by atoms with Crippen molar-refractivity contribution in [2.75, 3.05) is 0 Å². The number of hydrogen-bond acceptors (Lipinski definition) is 4. The first-order chi connectivity index (χ1) is 6.83. The molecule has 0 fully saturated rings. The summed E-state index contributed by atoms with van der Waals surface area (Å²) in [4.78, 5) is 13.5. The smallest absolute Gasteiger partial charge is 0.178 e. The van der Waals surface area contributed by atoms with E-state index in [-0.39, 0.29) is 0 Å². The van der Waals surface area contributed by atoms with Crippen molar-refractivity contribution in [1.82, 2.24) is 4.98 Å². The van der Waals surface area contributed by atoms with Gasteiger partial charge in [-0.05, 0) is 12.1 Å². The highest BCUT2D eigenvalue weighted by atomic mass is 32.1. The molecule has 1 N–H and O–H groups in total. The van der Waals surface area contributed by atoms with E-state index in [1.807, 2.05) is 6.07 Å². The Kier molecular flexibility index (Phi) is 4.37. The number of carbonyl (C=O) groups excluding carboxylic acids is 1. The Morgan fingerprint density at radius 3 is 2.29 bits per heavy atom. The molecule has 0 aliphatic heterocycles. The van der Waals surface area contributed by atoms with E-state index in [1.165, 1.54) is 11.3 Å². The topological polar surface area (TPSA) is 50.2 Å². The molecule has 0 spiro atoms. The largest absolute Gasteiger partial charge is 0.508 e. The predicted molar refractivity (Wildman–Crippen MR) is 55.6 cm³/mol. The Morgan fingerprint density at radius 2 is 2.00 bits per heavy atom. The number of aromatic nitrogens is 1. The number of rotatable bonds is 1. The fourth-order valence-electron chi connectivity index (χ4n) is 0.721. The Labute approximate surface area is 85.7 Å². The lowest BCUT2D eigenvalue weighted by molar-refractivity contribution is 0.112. The van der Waals surface area contributed by atoms with E-state index in [2.05, 4.69) is 4.98 Å². The molecule has 72 valence electrons. The van der Waals surface area contributed by atoms with Crippen molar-refractivity contribution in [3.05, 3.63) is 46.9 Å². The minimum atomic E-state index is 0.322. The fourth-order valence-corrected chi connectivity index (χ4v) is 1.16. The summed E-state index contributed by atoms with van der Waals surface area (Å²) in [6, 6.07) is 8.71. The van der Waals surface area contributed by atoms with Gasteiger partial charge in [0.15, 0.2) is 11.3 Å². The highest BCUT2D eigenvalue weighted by Gasteiger charge is 1.84. The van der Waals surface area contributed by atoms with Crippen molar-refractivity contribution >= 4 is 17.6 Å². The second-order valence-electron chi connectivity index (χ2n) is 2.32. The zero-order chi connectivity index (χ0) is 10.2. The van der Waals surface area contributed by atoms with Gasteiger partial charge >= 0.3 is 0 Å². The van der Waals surface area contributed by atoms with Gasteiger partial charge in [-0.25, -0.2) is 4.98 Å². The van der Waals surface area contributed by atoms with Crippen LogP contribution in [-0.2, 0) is 0 Å². The zero-order valence-electron chi connectivity index (χ0n) is 7.33. The molecule has 2 rings (SSSR count). The van der Waals surface area contributed by atoms with Gasteiger partial charge in [0.25, 0.3) is 0 Å². The number of phenolic OH excluding ortho intramolecular Hbond substituents is 1. The van der Waals surface area contributed by atoms with Crippen LogP contribution < -0.4 is 0 Å². The van der Waals surface area contributed by atoms with Crippen LogP contribution in [0, 0.1) is 0 Å². The molecule has 14 heavy (non-hydrogen) atoms. The summed E-state index contributed by atoms with van der Waals surface area (Å²) in [7, 11) is 0. The first kappa shape index (κ1) is 10.4. The molecule has 0 aliphatic rings. The summed E-state index contributed by atoms with van der Waals surface area (Å²) in [5, 5.41) is 10.9. The molecule has 0 unspecified atom stereocenters. The Morgan fingerprint density at radius 1 is 1.29 bits per heavy atom. The van der Waals surface area contributed by atoms with Crippen LogP contribution in [0.3, 0.4) is 0 Å². The SMILES string of the molecule is O=Cc1nccs1.Oc1ccccc1. The van der Waals surface area contributed by atoms with E-state index in [0.717, 1.165) is 6.29 Å². The first-order valence-electron chi connectivity index (χ1n) is 3.91. The minimum absolute atomic E-state index is 0.322. The van der Waals surface area contributed by atoms with Crippen LogP contribution in [-0.4, -0.2) is 16.4 Å². The van der Waals surface area contributed by atoms with Crippen LogP contribution in [0.5, 0.6) is 5.75 Å². The first-order valence-corrected chi connectivity index (χ1v) is 4.79. The number of thiazole rings is 1. The van der Waals surface area contributed by atoms with Gasteiger partial charge in [-0.15, -0.1) is 11.3 Å². The summed E-state index contributed by atoms with van der Waals surface area (Å²) in [6.45, 7) is 0. The van der Waals surface area contributed by atoms with E-state index in [9.17, 15) is 4.79 Å². The van der Waals surface area contributed by atoms with Crippen molar-refractivity contribution in [1.29, 1.82) is 0 Å². The summed E-state index contributed by atoms with van der Waals surface area (Å²) >= 11 is 1.34. The Balaban J connectivity index is 0.000000140. The van der Waals surface area contributed by atoms with Crippen molar-refractivity contribution < 1.29 is 9.90 Å². The molecule has 1 aromatic heterocycles. The molecule has 1 aromatic carbocycles. The fraction of sp³-hybridized carbons (Fsp3) is 0. The van der Waals surface area contributed by atoms with Gasteiger partial charge in [0, 0.05) is 11.6 Å². The summed E-state index contributed by atoms with van der Waals surface area (Å²) in [5.41, 5.74) is 0. The Bertz CT molecular complexity index is 359. The zero-order valence-corrected chi connectivity index (χ0v) is 8.15. The number of benzene rings is 1. The van der Waals surface area contributed by atoms with Crippen LogP contribution in [0.15, 0.2) is 41.9 Å². The molecular formula is C10H9NO2S. The average Bonchev–Trinajstić information content (AvgIpc) is 2.72. The molecule has 1 heterocycles. The van der Waals surface area contributed by atoms with Crippen molar-refractivity contribution in [2.45, 2.75) is 0 Å². The highest BCUT2D eigenvalue weighted by molar-refractivity contribution is 7.11. The second kappa shape index (κ2) is 5.88. The monoisotopic (exact) mass is 207 g/mol. The molecule has 0 radical (unpaired) electrons. The molecule has 0 atom stereocenters. The standard InChI is InChI=1S/C6H6O.C4H3NOS/c7-6-4-2-1-3-5-6;6-3-4-5-1-2-7-4/h1-5,7H;1-3H. The molecule has 0 aliphatic carbocycles. The van der Waals surface area contributed by atoms with Gasteiger partial charge in [0.2, 0.25) is 0 Å². The van der Waals surface area contributed by atoms with Gasteiger partial charge in [-0.2, -0.15) is 0 Å². The molecule has 4 heteroatoms.